The van der Waals surface area contributed by atoms with Crippen LogP contribution in [0.15, 0.2) is 30.3 Å². The molecule has 0 bridgehead atoms. The summed E-state index contributed by atoms with van der Waals surface area (Å²) in [6, 6.07) is 9.41. The van der Waals surface area contributed by atoms with Crippen LogP contribution in [-0.4, -0.2) is 56.3 Å². The monoisotopic (exact) mass is 331 g/mol. The summed E-state index contributed by atoms with van der Waals surface area (Å²) in [5, 5.41) is 12.1. The second-order valence-corrected chi connectivity index (χ2v) is 6.25. The zero-order chi connectivity index (χ0) is 17.0. The summed E-state index contributed by atoms with van der Waals surface area (Å²) in [5.41, 5.74) is -0.324. The van der Waals surface area contributed by atoms with Crippen molar-refractivity contribution in [2.24, 2.45) is 0 Å². The van der Waals surface area contributed by atoms with Crippen LogP contribution in [0.4, 0.5) is 0 Å². The Morgan fingerprint density at radius 1 is 1.33 bits per heavy atom. The number of rotatable bonds is 5. The number of benzene rings is 1. The Bertz CT molecular complexity index is 686. The molecule has 0 aliphatic carbocycles. The van der Waals surface area contributed by atoms with E-state index in [9.17, 15) is 4.79 Å². The predicted molar refractivity (Wildman–Crippen MR) is 85.2 cm³/mol. The minimum atomic E-state index is -0.324. The van der Waals surface area contributed by atoms with Gasteiger partial charge in [0.15, 0.2) is 6.61 Å². The second-order valence-electron chi connectivity index (χ2n) is 6.25. The normalized spacial score (nSPS) is 16.8. The quantitative estimate of drug-likeness (QED) is 0.809. The maximum Gasteiger partial charge on any atom is 0.246 e. The number of nitrogens with zero attached hydrogens (tertiary/aromatic N) is 5. The summed E-state index contributed by atoms with van der Waals surface area (Å²) in [4.78, 5) is 15.6. The fourth-order valence-electron chi connectivity index (χ4n) is 2.59. The number of ether oxygens (including phenoxy) is 2. The first-order valence-corrected chi connectivity index (χ1v) is 7.87. The summed E-state index contributed by atoms with van der Waals surface area (Å²) in [5.74, 6) is 1.13. The lowest BCUT2D eigenvalue weighted by atomic mass is 10.0. The molecule has 2 heterocycles. The lowest BCUT2D eigenvalue weighted by Crippen LogP contribution is -2.56. The first kappa shape index (κ1) is 16.4. The van der Waals surface area contributed by atoms with Crippen molar-refractivity contribution in [1.82, 2.24) is 25.1 Å². The smallest absolute Gasteiger partial charge is 0.246 e. The van der Waals surface area contributed by atoms with Crippen molar-refractivity contribution < 1.29 is 14.3 Å². The van der Waals surface area contributed by atoms with E-state index in [1.165, 1.54) is 4.80 Å². The maximum absolute atomic E-state index is 12.5. The Kier molecular flexibility index (Phi) is 4.75. The van der Waals surface area contributed by atoms with Crippen LogP contribution >= 0.6 is 0 Å². The molecular weight excluding hydrogens is 310 g/mol. The number of carbonyl (C=O) groups excluding carboxylic acids is 1. The average molecular weight is 331 g/mol. The minimum Gasteiger partial charge on any atom is -0.485 e. The molecule has 0 atom stereocenters. The van der Waals surface area contributed by atoms with Gasteiger partial charge in [0.05, 0.1) is 18.8 Å². The zero-order valence-electron chi connectivity index (χ0n) is 13.9. The molecule has 8 heteroatoms. The van der Waals surface area contributed by atoms with Gasteiger partial charge < -0.3 is 14.4 Å². The molecular formula is C16H21N5O3. The Morgan fingerprint density at radius 3 is 2.88 bits per heavy atom. The summed E-state index contributed by atoms with van der Waals surface area (Å²) in [6.07, 6.45) is 0. The molecule has 1 aromatic heterocycles. The van der Waals surface area contributed by atoms with Gasteiger partial charge in [-0.1, -0.05) is 18.2 Å². The zero-order valence-corrected chi connectivity index (χ0v) is 13.9. The van der Waals surface area contributed by atoms with E-state index in [0.29, 0.717) is 25.6 Å². The molecule has 3 rings (SSSR count). The van der Waals surface area contributed by atoms with E-state index in [2.05, 4.69) is 15.4 Å². The highest BCUT2D eigenvalue weighted by atomic mass is 16.5. The Hall–Kier alpha value is -2.48. The third-order valence-electron chi connectivity index (χ3n) is 3.83. The van der Waals surface area contributed by atoms with Crippen molar-refractivity contribution in [2.75, 3.05) is 19.8 Å². The fourth-order valence-corrected chi connectivity index (χ4v) is 2.59. The number of aromatic nitrogens is 4. The number of amides is 1. The van der Waals surface area contributed by atoms with Crippen LogP contribution in [0.1, 0.15) is 19.7 Å². The van der Waals surface area contributed by atoms with Gasteiger partial charge in [-0.2, -0.15) is 4.80 Å². The van der Waals surface area contributed by atoms with Gasteiger partial charge in [0.2, 0.25) is 11.7 Å². The molecule has 1 amide bonds. The van der Waals surface area contributed by atoms with E-state index in [0.717, 1.165) is 5.75 Å². The summed E-state index contributed by atoms with van der Waals surface area (Å²) in [6.45, 7) is 5.89. The van der Waals surface area contributed by atoms with Crippen LogP contribution in [-0.2, 0) is 22.7 Å². The minimum absolute atomic E-state index is 0.0452. The molecule has 0 N–H and O–H groups in total. The van der Waals surface area contributed by atoms with Gasteiger partial charge in [-0.3, -0.25) is 4.79 Å². The largest absolute Gasteiger partial charge is 0.485 e. The maximum atomic E-state index is 12.5. The SMILES string of the molecule is CC1(C)COCCN1C(=O)Cn1nnc(COc2ccccc2)n1. The van der Waals surface area contributed by atoms with Crippen molar-refractivity contribution in [1.29, 1.82) is 0 Å². The van der Waals surface area contributed by atoms with Gasteiger partial charge in [0.1, 0.15) is 12.3 Å². The standard InChI is InChI=1S/C16H21N5O3/c1-16(2)12-23-9-8-20(16)15(22)10-21-18-14(17-19-21)11-24-13-6-4-3-5-7-13/h3-7H,8-12H2,1-2H3. The molecule has 0 unspecified atom stereocenters. The first-order valence-electron chi connectivity index (χ1n) is 7.87. The fraction of sp³-hybridized carbons (Fsp3) is 0.500. The van der Waals surface area contributed by atoms with E-state index in [4.69, 9.17) is 9.47 Å². The van der Waals surface area contributed by atoms with Crippen LogP contribution in [0.25, 0.3) is 0 Å². The van der Waals surface area contributed by atoms with Crippen LogP contribution in [0.5, 0.6) is 5.75 Å². The van der Waals surface area contributed by atoms with Gasteiger partial charge in [-0.25, -0.2) is 0 Å². The molecule has 2 aromatic rings. The molecule has 8 nitrogen and oxygen atoms in total. The van der Waals surface area contributed by atoms with E-state index in [1.807, 2.05) is 44.2 Å². The Labute approximate surface area is 140 Å². The highest BCUT2D eigenvalue weighted by Crippen LogP contribution is 2.19. The summed E-state index contributed by atoms with van der Waals surface area (Å²) >= 11 is 0. The highest BCUT2D eigenvalue weighted by Gasteiger charge is 2.34. The summed E-state index contributed by atoms with van der Waals surface area (Å²) < 4.78 is 11.0. The van der Waals surface area contributed by atoms with Crippen LogP contribution in [0.2, 0.25) is 0 Å². The molecule has 1 aliphatic rings. The van der Waals surface area contributed by atoms with E-state index in [-0.39, 0.29) is 24.6 Å². The third-order valence-corrected chi connectivity index (χ3v) is 3.83. The number of tetrazole rings is 1. The third kappa shape index (κ3) is 3.88. The lowest BCUT2D eigenvalue weighted by Gasteiger charge is -2.41. The Balaban J connectivity index is 1.56. The van der Waals surface area contributed by atoms with Crippen LogP contribution < -0.4 is 4.74 Å². The van der Waals surface area contributed by atoms with Gasteiger partial charge in [0, 0.05) is 6.54 Å². The molecule has 0 spiro atoms. The van der Waals surface area contributed by atoms with Crippen molar-refractivity contribution in [2.45, 2.75) is 32.5 Å². The van der Waals surface area contributed by atoms with E-state index in [1.54, 1.807) is 4.90 Å². The average Bonchev–Trinajstić information content (AvgIpc) is 3.01. The van der Waals surface area contributed by atoms with Gasteiger partial charge >= 0.3 is 0 Å². The molecule has 0 saturated carbocycles. The molecule has 1 aromatic carbocycles. The van der Waals surface area contributed by atoms with Gasteiger partial charge in [-0.05, 0) is 31.2 Å². The van der Waals surface area contributed by atoms with Crippen LogP contribution in [0.3, 0.4) is 0 Å². The van der Waals surface area contributed by atoms with E-state index < -0.39 is 0 Å². The lowest BCUT2D eigenvalue weighted by molar-refractivity contribution is -0.147. The predicted octanol–water partition coefficient (Wildman–Crippen LogP) is 0.889. The van der Waals surface area contributed by atoms with Crippen molar-refractivity contribution >= 4 is 5.91 Å². The van der Waals surface area contributed by atoms with Gasteiger partial charge in [-0.15, -0.1) is 10.2 Å². The number of para-hydroxylation sites is 1. The van der Waals surface area contributed by atoms with E-state index >= 15 is 0 Å². The number of carbonyl (C=O) groups is 1. The second kappa shape index (κ2) is 6.96. The first-order chi connectivity index (χ1) is 11.5. The van der Waals surface area contributed by atoms with Crippen molar-refractivity contribution in [3.8, 4) is 5.75 Å². The van der Waals surface area contributed by atoms with Crippen LogP contribution in [0, 0.1) is 0 Å². The molecule has 24 heavy (non-hydrogen) atoms. The summed E-state index contributed by atoms with van der Waals surface area (Å²) in [7, 11) is 0. The molecule has 128 valence electrons. The Morgan fingerprint density at radius 2 is 2.12 bits per heavy atom. The van der Waals surface area contributed by atoms with Crippen molar-refractivity contribution in [3.05, 3.63) is 36.2 Å². The topological polar surface area (TPSA) is 82.4 Å². The number of hydrogen-bond acceptors (Lipinski definition) is 6. The molecule has 1 saturated heterocycles. The molecule has 1 fully saturated rings. The van der Waals surface area contributed by atoms with Gasteiger partial charge in [0.25, 0.3) is 0 Å². The number of morpholine rings is 1. The molecule has 1 aliphatic heterocycles. The molecule has 0 radical (unpaired) electrons. The number of hydrogen-bond donors (Lipinski definition) is 0. The van der Waals surface area contributed by atoms with Crippen molar-refractivity contribution in [3.63, 3.8) is 0 Å². The highest BCUT2D eigenvalue weighted by molar-refractivity contribution is 5.76.